The summed E-state index contributed by atoms with van der Waals surface area (Å²) < 4.78 is 37.3. The van der Waals surface area contributed by atoms with Crippen molar-refractivity contribution in [3.63, 3.8) is 0 Å². The number of nitrogens with one attached hydrogen (secondary N) is 2. The third-order valence-electron chi connectivity index (χ3n) is 5.41. The number of halogens is 3. The van der Waals surface area contributed by atoms with Crippen LogP contribution in [0.1, 0.15) is 25.3 Å². The van der Waals surface area contributed by atoms with Crippen molar-refractivity contribution in [2.45, 2.75) is 32.4 Å². The molecule has 2 aromatic rings. The second kappa shape index (κ2) is 10.5. The number of benzene rings is 2. The highest BCUT2D eigenvalue weighted by Crippen LogP contribution is 2.33. The number of quaternary nitrogens is 1. The lowest BCUT2D eigenvalue weighted by Gasteiger charge is -2.26. The summed E-state index contributed by atoms with van der Waals surface area (Å²) >= 11 is 0. The predicted molar refractivity (Wildman–Crippen MR) is 123 cm³/mol. The second-order valence-electron chi connectivity index (χ2n) is 7.78. The lowest BCUT2D eigenvalue weighted by molar-refractivity contribution is -0.305. The third-order valence-corrected chi connectivity index (χ3v) is 5.41. The Kier molecular flexibility index (Phi) is 7.70. The number of rotatable bonds is 9. The zero-order valence-corrected chi connectivity index (χ0v) is 18.8. The number of anilines is 2. The standard InChI is InChI=1S/C24H23F3N4O4/c1-2-16-7-3-4-10-20(16)28-14-17-15-29-31(22(17)34,12-6-11-21(32)33)19-9-5-8-18(13-19)30-23(35)24(25,26)27/h3-5,7-10,13-15H,2,6,11-12H2,1H3,(H2-,28,29,30,32,33,34,35). The zero-order valence-electron chi connectivity index (χ0n) is 18.8. The molecule has 3 rings (SSSR count). The summed E-state index contributed by atoms with van der Waals surface area (Å²) in [5.74, 6) is -3.98. The molecule has 0 aromatic heterocycles. The monoisotopic (exact) mass is 488 g/mol. The van der Waals surface area contributed by atoms with Crippen LogP contribution < -0.4 is 20.3 Å². The van der Waals surface area contributed by atoms with Crippen molar-refractivity contribution < 1.29 is 32.7 Å². The summed E-state index contributed by atoms with van der Waals surface area (Å²) in [5.41, 5.74) is 1.99. The van der Waals surface area contributed by atoms with Gasteiger partial charge in [-0.1, -0.05) is 40.9 Å². The van der Waals surface area contributed by atoms with Crippen LogP contribution in [-0.4, -0.2) is 36.7 Å². The number of amides is 2. The van der Waals surface area contributed by atoms with Gasteiger partial charge in [0.2, 0.25) is 0 Å². The Morgan fingerprint density at radius 3 is 2.57 bits per heavy atom. The van der Waals surface area contributed by atoms with E-state index < -0.39 is 28.6 Å². The molecule has 1 aliphatic rings. The molecule has 1 unspecified atom stereocenters. The van der Waals surface area contributed by atoms with Crippen molar-refractivity contribution in [2.75, 3.05) is 17.2 Å². The van der Waals surface area contributed by atoms with Crippen LogP contribution in [-0.2, 0) is 20.8 Å². The Labute approximate surface area is 199 Å². The van der Waals surface area contributed by atoms with Gasteiger partial charge in [-0.3, -0.25) is 4.79 Å². The summed E-state index contributed by atoms with van der Waals surface area (Å²) in [7, 11) is 0. The number of aliphatic carboxylic acids is 1. The van der Waals surface area contributed by atoms with Gasteiger partial charge in [0.15, 0.2) is 5.69 Å². The van der Waals surface area contributed by atoms with E-state index in [9.17, 15) is 32.7 Å². The minimum atomic E-state index is -5.09. The maximum absolute atomic E-state index is 13.5. The zero-order chi connectivity index (χ0) is 25.6. The fourth-order valence-corrected chi connectivity index (χ4v) is 3.65. The molecular formula is C24H23F3N4O4. The molecule has 1 aliphatic heterocycles. The van der Waals surface area contributed by atoms with Crippen LogP contribution >= 0.6 is 0 Å². The van der Waals surface area contributed by atoms with Crippen molar-refractivity contribution in [2.24, 2.45) is 5.10 Å². The van der Waals surface area contributed by atoms with Crippen LogP contribution in [0.4, 0.5) is 30.2 Å². The van der Waals surface area contributed by atoms with E-state index in [4.69, 9.17) is 0 Å². The van der Waals surface area contributed by atoms with E-state index in [2.05, 4.69) is 10.4 Å². The molecule has 1 atom stereocenters. The van der Waals surface area contributed by atoms with Crippen LogP contribution in [0.15, 0.2) is 65.4 Å². The lowest BCUT2D eigenvalue weighted by Crippen LogP contribution is -2.48. The Bertz CT molecular complexity index is 1190. The summed E-state index contributed by atoms with van der Waals surface area (Å²) in [4.78, 5) is 35.8. The Balaban J connectivity index is 1.93. The van der Waals surface area contributed by atoms with Crippen LogP contribution in [0, 0.1) is 0 Å². The molecule has 2 N–H and O–H groups in total. The van der Waals surface area contributed by atoms with E-state index in [-0.39, 0.29) is 36.3 Å². The topological polar surface area (TPSA) is 111 Å². The number of carboxylic acids is 1. The van der Waals surface area contributed by atoms with E-state index in [1.165, 1.54) is 36.7 Å². The number of para-hydroxylation sites is 1. The first-order valence-corrected chi connectivity index (χ1v) is 10.8. The van der Waals surface area contributed by atoms with E-state index >= 15 is 0 Å². The SMILES string of the molecule is CCc1ccccc1NC=C1C=N[N+](CCCC(=O)[O-])(c2cccc(NC(=O)C(F)(F)F)c2)C1=O. The van der Waals surface area contributed by atoms with Crippen LogP contribution in [0.5, 0.6) is 0 Å². The molecule has 0 aliphatic carbocycles. The molecule has 8 nitrogen and oxygen atoms in total. The van der Waals surface area contributed by atoms with E-state index in [1.54, 1.807) is 5.32 Å². The first-order valence-electron chi connectivity index (χ1n) is 10.8. The normalized spacial score (nSPS) is 18.6. The van der Waals surface area contributed by atoms with Crippen LogP contribution in [0.2, 0.25) is 0 Å². The van der Waals surface area contributed by atoms with Gasteiger partial charge in [0.25, 0.3) is 0 Å². The van der Waals surface area contributed by atoms with Gasteiger partial charge in [-0.05, 0) is 30.5 Å². The minimum absolute atomic E-state index is 0.0178. The molecule has 0 saturated heterocycles. The number of alkyl halides is 3. The summed E-state index contributed by atoms with van der Waals surface area (Å²) in [6, 6.07) is 12.8. The molecule has 2 aromatic carbocycles. The number of carbonyl (C=O) groups is 3. The highest BCUT2D eigenvalue weighted by Gasteiger charge is 2.46. The number of hydrogen-bond acceptors (Lipinski definition) is 6. The maximum Gasteiger partial charge on any atom is 0.471 e. The van der Waals surface area contributed by atoms with Crippen molar-refractivity contribution in [1.82, 2.24) is 4.59 Å². The average molecular weight is 488 g/mol. The smallest absolute Gasteiger partial charge is 0.471 e. The number of carbonyl (C=O) groups excluding carboxylic acids is 3. The van der Waals surface area contributed by atoms with Gasteiger partial charge >= 0.3 is 18.0 Å². The fraction of sp³-hybridized carbons (Fsp3) is 0.250. The first-order chi connectivity index (χ1) is 16.6. The third kappa shape index (κ3) is 5.93. The van der Waals surface area contributed by atoms with E-state index in [1.807, 2.05) is 31.2 Å². The number of hydrogen-bond donors (Lipinski definition) is 2. The number of nitrogens with zero attached hydrogens (tertiary/aromatic N) is 2. The van der Waals surface area contributed by atoms with Crippen molar-refractivity contribution in [1.29, 1.82) is 0 Å². The van der Waals surface area contributed by atoms with Gasteiger partial charge in [-0.15, -0.1) is 0 Å². The highest BCUT2D eigenvalue weighted by molar-refractivity contribution is 6.20. The largest absolute Gasteiger partial charge is 0.550 e. The second-order valence-corrected chi connectivity index (χ2v) is 7.78. The van der Waals surface area contributed by atoms with Gasteiger partial charge in [0, 0.05) is 42.1 Å². The number of carboxylic acid groups (broad SMARTS) is 1. The molecule has 184 valence electrons. The molecule has 2 amide bonds. The van der Waals surface area contributed by atoms with E-state index in [0.717, 1.165) is 17.7 Å². The van der Waals surface area contributed by atoms with Gasteiger partial charge in [0.05, 0.1) is 0 Å². The van der Waals surface area contributed by atoms with Crippen molar-refractivity contribution in [3.8, 4) is 0 Å². The summed E-state index contributed by atoms with van der Waals surface area (Å²) in [5, 5.41) is 20.1. The molecule has 0 fully saturated rings. The van der Waals surface area contributed by atoms with Crippen molar-refractivity contribution in [3.05, 3.63) is 65.9 Å². The molecule has 0 saturated carbocycles. The number of aryl methyl sites for hydroxylation is 1. The molecular weight excluding hydrogens is 465 g/mol. The molecule has 0 radical (unpaired) electrons. The maximum atomic E-state index is 13.5. The quantitative estimate of drug-likeness (QED) is 0.416. The summed E-state index contributed by atoms with van der Waals surface area (Å²) in [6.45, 7) is 1.91. The van der Waals surface area contributed by atoms with Crippen LogP contribution in [0.3, 0.4) is 0 Å². The first kappa shape index (κ1) is 25.6. The Morgan fingerprint density at radius 1 is 1.14 bits per heavy atom. The predicted octanol–water partition coefficient (Wildman–Crippen LogP) is 3.11. The Hall–Kier alpha value is -3.99. The molecule has 1 heterocycles. The van der Waals surface area contributed by atoms with Crippen LogP contribution in [0.25, 0.3) is 0 Å². The van der Waals surface area contributed by atoms with Crippen molar-refractivity contribution >= 4 is 41.1 Å². The van der Waals surface area contributed by atoms with Gasteiger partial charge < -0.3 is 20.5 Å². The van der Waals surface area contributed by atoms with Gasteiger partial charge in [-0.25, -0.2) is 4.79 Å². The molecule has 0 spiro atoms. The van der Waals surface area contributed by atoms with Gasteiger partial charge in [-0.2, -0.15) is 13.2 Å². The average Bonchev–Trinajstić information content (AvgIpc) is 3.13. The molecule has 11 heteroatoms. The lowest BCUT2D eigenvalue weighted by atomic mass is 10.1. The molecule has 35 heavy (non-hydrogen) atoms. The fourth-order valence-electron chi connectivity index (χ4n) is 3.65. The summed E-state index contributed by atoms with van der Waals surface area (Å²) in [6.07, 6.45) is -1.85. The van der Waals surface area contributed by atoms with E-state index in [0.29, 0.717) is 0 Å². The Morgan fingerprint density at radius 2 is 1.89 bits per heavy atom. The van der Waals surface area contributed by atoms with Gasteiger partial charge in [0.1, 0.15) is 18.3 Å². The molecule has 0 bridgehead atoms. The minimum Gasteiger partial charge on any atom is -0.550 e. The highest BCUT2D eigenvalue weighted by atomic mass is 19.4.